The minimum atomic E-state index is 0.166. The summed E-state index contributed by atoms with van der Waals surface area (Å²) in [5.41, 5.74) is 0.166. The summed E-state index contributed by atoms with van der Waals surface area (Å²) in [4.78, 5) is 0. The monoisotopic (exact) mass is 516 g/mol. The SMILES string of the molecule is CCCOCC(CCC(Br)(CCC(C)C)CCC(C)C)(COCCC)C1CCC(C)CC1. The summed E-state index contributed by atoms with van der Waals surface area (Å²) >= 11 is 4.31. The van der Waals surface area contributed by atoms with Crippen molar-refractivity contribution in [2.45, 2.75) is 130 Å². The van der Waals surface area contributed by atoms with Crippen LogP contribution in [-0.4, -0.2) is 30.8 Å². The van der Waals surface area contributed by atoms with E-state index < -0.39 is 0 Å². The van der Waals surface area contributed by atoms with Crippen molar-refractivity contribution in [1.82, 2.24) is 0 Å². The highest BCUT2D eigenvalue weighted by Gasteiger charge is 2.42. The average Bonchev–Trinajstić information content (AvgIpc) is 2.75. The van der Waals surface area contributed by atoms with E-state index in [1.54, 1.807) is 0 Å². The number of alkyl halides is 1. The molecule has 0 N–H and O–H groups in total. The molecule has 1 aliphatic rings. The van der Waals surface area contributed by atoms with Gasteiger partial charge in [-0.2, -0.15) is 0 Å². The van der Waals surface area contributed by atoms with E-state index in [4.69, 9.17) is 9.47 Å². The van der Waals surface area contributed by atoms with Gasteiger partial charge in [-0.15, -0.1) is 0 Å². The smallest absolute Gasteiger partial charge is 0.0547 e. The van der Waals surface area contributed by atoms with E-state index in [0.717, 1.165) is 62.9 Å². The van der Waals surface area contributed by atoms with Crippen molar-refractivity contribution < 1.29 is 9.47 Å². The molecular formula is C29H57BrO2. The summed E-state index contributed by atoms with van der Waals surface area (Å²) in [5, 5.41) is 0. The Morgan fingerprint density at radius 2 is 1.22 bits per heavy atom. The van der Waals surface area contributed by atoms with Crippen molar-refractivity contribution in [3.8, 4) is 0 Å². The quantitative estimate of drug-likeness (QED) is 0.133. The lowest BCUT2D eigenvalue weighted by atomic mass is 9.64. The Morgan fingerprint density at radius 1 is 0.750 bits per heavy atom. The maximum atomic E-state index is 6.33. The molecule has 32 heavy (non-hydrogen) atoms. The van der Waals surface area contributed by atoms with Gasteiger partial charge >= 0.3 is 0 Å². The van der Waals surface area contributed by atoms with Gasteiger partial charge < -0.3 is 9.47 Å². The predicted octanol–water partition coefficient (Wildman–Crippen LogP) is 9.44. The molecule has 0 heterocycles. The van der Waals surface area contributed by atoms with E-state index in [1.165, 1.54) is 64.2 Å². The predicted molar refractivity (Wildman–Crippen MR) is 145 cm³/mol. The van der Waals surface area contributed by atoms with Crippen LogP contribution >= 0.6 is 15.9 Å². The Hall–Kier alpha value is 0.400. The summed E-state index contributed by atoms with van der Waals surface area (Å²) in [7, 11) is 0. The first kappa shape index (κ1) is 30.4. The molecule has 0 amide bonds. The van der Waals surface area contributed by atoms with Crippen molar-refractivity contribution in [2.75, 3.05) is 26.4 Å². The summed E-state index contributed by atoms with van der Waals surface area (Å²) in [6.45, 7) is 19.8. The molecule has 0 aromatic carbocycles. The largest absolute Gasteiger partial charge is 0.381 e. The standard InChI is InChI=1S/C29H57BrO2/c1-8-20-31-22-28(23-32-21-9-2,27-12-10-26(7)11-13-27)18-19-29(30,16-14-24(3)4)17-15-25(5)6/h24-27H,8-23H2,1-7H3. The van der Waals surface area contributed by atoms with Gasteiger partial charge in [0.1, 0.15) is 0 Å². The highest BCUT2D eigenvalue weighted by molar-refractivity contribution is 9.10. The molecule has 0 unspecified atom stereocenters. The van der Waals surface area contributed by atoms with Crippen LogP contribution in [0.3, 0.4) is 0 Å². The number of rotatable bonds is 18. The van der Waals surface area contributed by atoms with E-state index in [-0.39, 0.29) is 9.74 Å². The van der Waals surface area contributed by atoms with Crippen LogP contribution < -0.4 is 0 Å². The molecule has 0 bridgehead atoms. The zero-order valence-corrected chi connectivity index (χ0v) is 24.4. The fourth-order valence-corrected chi connectivity index (χ4v) is 5.94. The Morgan fingerprint density at radius 3 is 1.62 bits per heavy atom. The van der Waals surface area contributed by atoms with Gasteiger partial charge in [0.15, 0.2) is 0 Å². The van der Waals surface area contributed by atoms with Crippen molar-refractivity contribution in [2.24, 2.45) is 29.1 Å². The summed E-state index contributed by atoms with van der Waals surface area (Å²) < 4.78 is 12.9. The third-order valence-corrected chi connectivity index (χ3v) is 8.96. The first-order chi connectivity index (χ1) is 15.2. The highest BCUT2D eigenvalue weighted by Crippen LogP contribution is 2.47. The average molecular weight is 518 g/mol. The number of halogens is 1. The molecular weight excluding hydrogens is 460 g/mol. The molecule has 1 aliphatic carbocycles. The molecule has 0 saturated heterocycles. The van der Waals surface area contributed by atoms with Gasteiger partial charge in [-0.05, 0) is 87.9 Å². The normalized spacial score (nSPS) is 20.4. The first-order valence-corrected chi connectivity index (χ1v) is 14.8. The van der Waals surface area contributed by atoms with E-state index in [0.29, 0.717) is 0 Å². The van der Waals surface area contributed by atoms with Gasteiger partial charge in [-0.25, -0.2) is 0 Å². The topological polar surface area (TPSA) is 18.5 Å². The number of ether oxygens (including phenoxy) is 2. The fourth-order valence-electron chi connectivity index (χ4n) is 5.28. The Labute approximate surface area is 210 Å². The van der Waals surface area contributed by atoms with Crippen LogP contribution in [-0.2, 0) is 9.47 Å². The van der Waals surface area contributed by atoms with Crippen molar-refractivity contribution in [3.63, 3.8) is 0 Å². The Balaban J connectivity index is 3.05. The van der Waals surface area contributed by atoms with E-state index >= 15 is 0 Å². The molecule has 1 saturated carbocycles. The molecule has 3 heteroatoms. The maximum absolute atomic E-state index is 6.33. The third-order valence-electron chi connectivity index (χ3n) is 7.77. The summed E-state index contributed by atoms with van der Waals surface area (Å²) in [6.07, 6.45) is 15.2. The van der Waals surface area contributed by atoms with Crippen LogP contribution in [0.5, 0.6) is 0 Å². The van der Waals surface area contributed by atoms with Crippen LogP contribution in [0, 0.1) is 29.1 Å². The summed E-state index contributed by atoms with van der Waals surface area (Å²) in [5.74, 6) is 3.14. The lowest BCUT2D eigenvalue weighted by molar-refractivity contribution is -0.0741. The maximum Gasteiger partial charge on any atom is 0.0547 e. The van der Waals surface area contributed by atoms with Gasteiger partial charge in [-0.3, -0.25) is 0 Å². The number of hydrogen-bond acceptors (Lipinski definition) is 2. The molecule has 0 atom stereocenters. The molecule has 192 valence electrons. The van der Waals surface area contributed by atoms with Gasteiger partial charge in [0, 0.05) is 23.0 Å². The molecule has 1 rings (SSSR count). The van der Waals surface area contributed by atoms with E-state index in [9.17, 15) is 0 Å². The molecule has 0 radical (unpaired) electrons. The zero-order chi connectivity index (χ0) is 24.0. The lowest BCUT2D eigenvalue weighted by Crippen LogP contribution is -2.43. The van der Waals surface area contributed by atoms with Crippen LogP contribution in [0.2, 0.25) is 0 Å². The summed E-state index contributed by atoms with van der Waals surface area (Å²) in [6, 6.07) is 0. The van der Waals surface area contributed by atoms with Gasteiger partial charge in [0.2, 0.25) is 0 Å². The van der Waals surface area contributed by atoms with Gasteiger partial charge in [-0.1, -0.05) is 77.2 Å². The van der Waals surface area contributed by atoms with E-state index in [1.807, 2.05) is 0 Å². The second-order valence-corrected chi connectivity index (χ2v) is 13.6. The van der Waals surface area contributed by atoms with E-state index in [2.05, 4.69) is 64.4 Å². The first-order valence-electron chi connectivity index (χ1n) is 14.0. The van der Waals surface area contributed by atoms with Crippen molar-refractivity contribution in [1.29, 1.82) is 0 Å². The van der Waals surface area contributed by atoms with Gasteiger partial charge in [0.05, 0.1) is 13.2 Å². The number of hydrogen-bond donors (Lipinski definition) is 0. The Bertz CT molecular complexity index is 432. The lowest BCUT2D eigenvalue weighted by Gasteiger charge is -2.45. The molecule has 0 spiro atoms. The Kier molecular flexibility index (Phi) is 15.4. The van der Waals surface area contributed by atoms with Crippen LogP contribution in [0.15, 0.2) is 0 Å². The van der Waals surface area contributed by atoms with Crippen LogP contribution in [0.4, 0.5) is 0 Å². The molecule has 1 fully saturated rings. The zero-order valence-electron chi connectivity index (χ0n) is 22.8. The van der Waals surface area contributed by atoms with Crippen LogP contribution in [0.25, 0.3) is 0 Å². The minimum Gasteiger partial charge on any atom is -0.381 e. The molecule has 2 nitrogen and oxygen atoms in total. The molecule has 0 aliphatic heterocycles. The highest BCUT2D eigenvalue weighted by atomic mass is 79.9. The van der Waals surface area contributed by atoms with Crippen LogP contribution in [0.1, 0.15) is 126 Å². The van der Waals surface area contributed by atoms with Crippen molar-refractivity contribution >= 4 is 15.9 Å². The molecule has 0 aromatic rings. The minimum absolute atomic E-state index is 0.166. The second-order valence-electron chi connectivity index (χ2n) is 11.9. The molecule has 0 aromatic heterocycles. The van der Waals surface area contributed by atoms with Gasteiger partial charge in [0.25, 0.3) is 0 Å². The second kappa shape index (κ2) is 16.1. The van der Waals surface area contributed by atoms with Crippen molar-refractivity contribution in [3.05, 3.63) is 0 Å². The third kappa shape index (κ3) is 11.7. The fraction of sp³-hybridized carbons (Fsp3) is 1.00.